The smallest absolute Gasteiger partial charge is 0.395 e. The van der Waals surface area contributed by atoms with Gasteiger partial charge in [0.25, 0.3) is 0 Å². The lowest BCUT2D eigenvalue weighted by Crippen LogP contribution is -2.39. The Bertz CT molecular complexity index is 546. The van der Waals surface area contributed by atoms with Gasteiger partial charge in [-0.2, -0.15) is 13.2 Å². The Kier molecular flexibility index (Phi) is 8.99. The van der Waals surface area contributed by atoms with Gasteiger partial charge in [0.1, 0.15) is 5.70 Å². The summed E-state index contributed by atoms with van der Waals surface area (Å²) in [4.78, 5) is 16.5. The third kappa shape index (κ3) is 7.34. The van der Waals surface area contributed by atoms with Crippen LogP contribution in [-0.2, 0) is 4.79 Å². The van der Waals surface area contributed by atoms with Crippen molar-refractivity contribution < 1.29 is 18.0 Å². The van der Waals surface area contributed by atoms with Gasteiger partial charge in [-0.05, 0) is 37.3 Å². The van der Waals surface area contributed by atoms with Crippen molar-refractivity contribution in [3.05, 3.63) is 23.7 Å². The molecular formula is C19H33F3N4O. The van der Waals surface area contributed by atoms with Crippen LogP contribution in [0.5, 0.6) is 0 Å². The van der Waals surface area contributed by atoms with Crippen molar-refractivity contribution in [2.45, 2.75) is 52.6 Å². The summed E-state index contributed by atoms with van der Waals surface area (Å²) in [5, 5.41) is 0. The van der Waals surface area contributed by atoms with E-state index >= 15 is 0 Å². The second-order valence-corrected chi connectivity index (χ2v) is 7.27. The fraction of sp³-hybridized carbons (Fsp3) is 0.737. The number of carbonyl (C=O) groups excluding carboxylic acids is 1. The van der Waals surface area contributed by atoms with Gasteiger partial charge in [0.15, 0.2) is 0 Å². The first-order chi connectivity index (χ1) is 12.6. The van der Waals surface area contributed by atoms with Gasteiger partial charge in [0.2, 0.25) is 5.91 Å². The molecule has 0 bridgehead atoms. The van der Waals surface area contributed by atoms with E-state index in [1.807, 2.05) is 11.8 Å². The normalized spacial score (nSPS) is 20.1. The molecule has 0 aromatic heterocycles. The zero-order chi connectivity index (χ0) is 20.6. The molecule has 0 aromatic carbocycles. The number of nitrogens with two attached hydrogens (primary N) is 2. The van der Waals surface area contributed by atoms with Crippen molar-refractivity contribution in [1.29, 1.82) is 0 Å². The minimum absolute atomic E-state index is 0.112. The molecule has 27 heavy (non-hydrogen) atoms. The van der Waals surface area contributed by atoms with E-state index in [0.29, 0.717) is 25.4 Å². The van der Waals surface area contributed by atoms with Crippen molar-refractivity contribution in [3.8, 4) is 0 Å². The molecule has 1 fully saturated rings. The average Bonchev–Trinajstić information content (AvgIpc) is 3.11. The van der Waals surface area contributed by atoms with E-state index in [1.54, 1.807) is 4.90 Å². The second-order valence-electron chi connectivity index (χ2n) is 7.27. The molecule has 0 saturated carbocycles. The van der Waals surface area contributed by atoms with Crippen LogP contribution in [0.2, 0.25) is 0 Å². The van der Waals surface area contributed by atoms with Gasteiger partial charge in [0, 0.05) is 26.2 Å². The monoisotopic (exact) mass is 390 g/mol. The number of alkyl halides is 3. The molecule has 4 N–H and O–H groups in total. The number of hydrogen-bond acceptors (Lipinski definition) is 4. The van der Waals surface area contributed by atoms with Gasteiger partial charge < -0.3 is 21.3 Å². The first-order valence-electron chi connectivity index (χ1n) is 9.63. The first-order valence-corrected chi connectivity index (χ1v) is 9.63. The molecular weight excluding hydrogens is 357 g/mol. The maximum absolute atomic E-state index is 12.9. The van der Waals surface area contributed by atoms with Gasteiger partial charge >= 0.3 is 6.18 Å². The van der Waals surface area contributed by atoms with Gasteiger partial charge in [-0.3, -0.25) is 4.79 Å². The Morgan fingerprint density at radius 1 is 1.26 bits per heavy atom. The topological polar surface area (TPSA) is 75.6 Å². The Morgan fingerprint density at radius 3 is 2.48 bits per heavy atom. The summed E-state index contributed by atoms with van der Waals surface area (Å²) in [6.45, 7) is 8.80. The molecule has 1 rings (SSSR count). The molecule has 1 saturated heterocycles. The third-order valence-corrected chi connectivity index (χ3v) is 5.06. The zero-order valence-electron chi connectivity index (χ0n) is 16.6. The molecule has 0 aliphatic carbocycles. The Labute approximate surface area is 160 Å². The highest BCUT2D eigenvalue weighted by Crippen LogP contribution is 2.23. The summed E-state index contributed by atoms with van der Waals surface area (Å²) in [7, 11) is 0. The first kappa shape index (κ1) is 23.2. The van der Waals surface area contributed by atoms with Crippen LogP contribution in [0, 0.1) is 11.8 Å². The molecule has 0 aromatic rings. The minimum Gasteiger partial charge on any atom is -0.395 e. The summed E-state index contributed by atoms with van der Waals surface area (Å²) < 4.78 is 37.3. The number of likely N-dealkylation sites (tertiary alicyclic amines) is 1. The molecule has 0 spiro atoms. The molecule has 1 heterocycles. The fourth-order valence-corrected chi connectivity index (χ4v) is 3.01. The molecule has 1 amide bonds. The lowest BCUT2D eigenvalue weighted by Gasteiger charge is -2.27. The number of allylic oxidation sites excluding steroid dienone is 3. The fourth-order valence-electron chi connectivity index (χ4n) is 3.01. The van der Waals surface area contributed by atoms with Crippen LogP contribution in [0.1, 0.15) is 46.5 Å². The number of halogens is 3. The number of hydrogen-bond donors (Lipinski definition) is 2. The third-order valence-electron chi connectivity index (χ3n) is 5.06. The summed E-state index contributed by atoms with van der Waals surface area (Å²) >= 11 is 0. The van der Waals surface area contributed by atoms with E-state index in [2.05, 4.69) is 13.8 Å². The lowest BCUT2D eigenvalue weighted by atomic mass is 10.0. The zero-order valence-corrected chi connectivity index (χ0v) is 16.6. The highest BCUT2D eigenvalue weighted by molar-refractivity contribution is 5.79. The van der Waals surface area contributed by atoms with Gasteiger partial charge in [-0.25, -0.2) is 0 Å². The van der Waals surface area contributed by atoms with Crippen molar-refractivity contribution in [1.82, 2.24) is 9.80 Å². The Morgan fingerprint density at radius 2 is 1.93 bits per heavy atom. The van der Waals surface area contributed by atoms with Crippen LogP contribution in [-0.4, -0.2) is 48.1 Å². The van der Waals surface area contributed by atoms with Crippen LogP contribution in [0.25, 0.3) is 0 Å². The number of nitrogens with zero attached hydrogens (tertiary/aromatic N) is 2. The molecule has 1 aliphatic rings. The van der Waals surface area contributed by atoms with E-state index in [-0.39, 0.29) is 17.6 Å². The second kappa shape index (κ2) is 10.5. The van der Waals surface area contributed by atoms with E-state index < -0.39 is 11.9 Å². The maximum Gasteiger partial charge on any atom is 0.430 e. The van der Waals surface area contributed by atoms with Crippen LogP contribution in [0.4, 0.5) is 13.2 Å². The van der Waals surface area contributed by atoms with Crippen molar-refractivity contribution in [2.75, 3.05) is 26.2 Å². The summed E-state index contributed by atoms with van der Waals surface area (Å²) in [6, 6.07) is 0. The van der Waals surface area contributed by atoms with Crippen molar-refractivity contribution >= 4 is 5.91 Å². The molecule has 0 radical (unpaired) electrons. The van der Waals surface area contributed by atoms with Gasteiger partial charge in [0.05, 0.1) is 11.7 Å². The highest BCUT2D eigenvalue weighted by Gasteiger charge is 2.32. The minimum atomic E-state index is -4.57. The van der Waals surface area contributed by atoms with Crippen LogP contribution >= 0.6 is 0 Å². The molecule has 8 heteroatoms. The Hall–Kier alpha value is -1.86. The summed E-state index contributed by atoms with van der Waals surface area (Å²) in [5.74, 6) is 0.700. The van der Waals surface area contributed by atoms with E-state index in [9.17, 15) is 18.0 Å². The molecule has 2 unspecified atom stereocenters. The predicted octanol–water partition coefficient (Wildman–Crippen LogP) is 3.19. The standard InChI is InChI=1S/C19H33F3N4O/c1-4-10-25(11-8-14(3)5-2)18(27)15-9-12-26(13-15)17(24)7-6-16(23)19(20,21)22/h6-7,14-15H,4-5,8-13,23-24H2,1-3H3/b16-6-,17-7+. The maximum atomic E-state index is 12.9. The van der Waals surface area contributed by atoms with E-state index in [4.69, 9.17) is 11.5 Å². The van der Waals surface area contributed by atoms with Crippen molar-refractivity contribution in [3.63, 3.8) is 0 Å². The molecule has 2 atom stereocenters. The largest absolute Gasteiger partial charge is 0.430 e. The molecule has 5 nitrogen and oxygen atoms in total. The van der Waals surface area contributed by atoms with Gasteiger partial charge in [-0.15, -0.1) is 0 Å². The SMILES string of the molecule is CCCN(CCC(C)CC)C(=O)C1CCN(/C(N)=C/C=C(\N)C(F)(F)F)C1. The van der Waals surface area contributed by atoms with Crippen molar-refractivity contribution in [2.24, 2.45) is 23.3 Å². The number of carbonyl (C=O) groups is 1. The van der Waals surface area contributed by atoms with Crippen LogP contribution in [0.15, 0.2) is 23.7 Å². The number of amides is 1. The average molecular weight is 390 g/mol. The molecule has 1 aliphatic heterocycles. The van der Waals surface area contributed by atoms with Crippen LogP contribution in [0.3, 0.4) is 0 Å². The molecule has 156 valence electrons. The lowest BCUT2D eigenvalue weighted by molar-refractivity contribution is -0.135. The predicted molar refractivity (Wildman–Crippen MR) is 101 cm³/mol. The highest BCUT2D eigenvalue weighted by atomic mass is 19.4. The summed E-state index contributed by atoms with van der Waals surface area (Å²) in [5.41, 5.74) is 9.65. The van der Waals surface area contributed by atoms with E-state index in [1.165, 1.54) is 0 Å². The Balaban J connectivity index is 2.69. The quantitative estimate of drug-likeness (QED) is 0.593. The summed E-state index contributed by atoms with van der Waals surface area (Å²) in [6.07, 6.45) is 0.949. The number of rotatable bonds is 9. The van der Waals surface area contributed by atoms with E-state index in [0.717, 1.165) is 44.5 Å². The van der Waals surface area contributed by atoms with Crippen LogP contribution < -0.4 is 11.5 Å². The van der Waals surface area contributed by atoms with Gasteiger partial charge in [-0.1, -0.05) is 27.2 Å².